The molecule has 4 N–H and O–H groups in total. The predicted octanol–water partition coefficient (Wildman–Crippen LogP) is -1.17. The van der Waals surface area contributed by atoms with Crippen LogP contribution in [0.2, 0.25) is 0 Å². The van der Waals surface area contributed by atoms with Crippen LogP contribution in [0.5, 0.6) is 0 Å². The molecule has 0 bridgehead atoms. The molecule has 0 unspecified atom stereocenters. The van der Waals surface area contributed by atoms with Crippen molar-refractivity contribution in [2.75, 3.05) is 19.5 Å². The second kappa shape index (κ2) is 6.04. The van der Waals surface area contributed by atoms with Gasteiger partial charge in [-0.1, -0.05) is 0 Å². The average Bonchev–Trinajstić information content (AvgIpc) is 2.34. The summed E-state index contributed by atoms with van der Waals surface area (Å²) in [6.45, 7) is -1.87. The number of anilines is 1. The molecule has 7 nitrogen and oxygen atoms in total. The minimum Gasteiger partial charge on any atom is -0.394 e. The van der Waals surface area contributed by atoms with Crippen molar-refractivity contribution < 1.29 is 23.7 Å². The van der Waals surface area contributed by atoms with Crippen LogP contribution in [-0.2, 0) is 11.3 Å². The molecule has 0 aliphatic heterocycles. The molecular weight excluding hydrogens is 264 g/mol. The Hall–Kier alpha value is -1.58. The first-order chi connectivity index (χ1) is 8.81. The summed E-state index contributed by atoms with van der Waals surface area (Å²) in [5.41, 5.74) is 4.27. The summed E-state index contributed by atoms with van der Waals surface area (Å²) in [4.78, 5) is 14.6. The van der Waals surface area contributed by atoms with E-state index in [-0.39, 0.29) is 5.82 Å². The summed E-state index contributed by atoms with van der Waals surface area (Å²) >= 11 is 0. The Morgan fingerprint density at radius 1 is 1.63 bits per heavy atom. The zero-order valence-corrected chi connectivity index (χ0v) is 10.2. The standard InChI is InChI=1S/C10H15F2N3O4/c1-19-6(4-16)8(17)10(11,12)5-15-3-2-7(13)14-9(15)18/h2-3,6,8,16-17H,4-5H2,1H3,(H2,13,14,18)/t6-,8+/m1/s1. The molecule has 0 saturated carbocycles. The number of ether oxygens (including phenoxy) is 1. The highest BCUT2D eigenvalue weighted by atomic mass is 19.3. The first-order valence-electron chi connectivity index (χ1n) is 5.34. The third kappa shape index (κ3) is 3.69. The van der Waals surface area contributed by atoms with Crippen LogP contribution in [-0.4, -0.2) is 51.6 Å². The van der Waals surface area contributed by atoms with Crippen molar-refractivity contribution in [1.29, 1.82) is 0 Å². The topological polar surface area (TPSA) is 111 Å². The van der Waals surface area contributed by atoms with E-state index in [1.807, 2.05) is 0 Å². The average molecular weight is 279 g/mol. The fourth-order valence-electron chi connectivity index (χ4n) is 1.46. The summed E-state index contributed by atoms with van der Waals surface area (Å²) < 4.78 is 32.6. The molecule has 0 radical (unpaired) electrons. The van der Waals surface area contributed by atoms with Crippen LogP contribution in [0, 0.1) is 0 Å². The molecule has 0 saturated heterocycles. The molecule has 108 valence electrons. The van der Waals surface area contributed by atoms with Crippen molar-refractivity contribution in [3.63, 3.8) is 0 Å². The fraction of sp³-hybridized carbons (Fsp3) is 0.600. The number of hydrogen-bond donors (Lipinski definition) is 3. The Bertz CT molecular complexity index is 476. The third-order valence-corrected chi connectivity index (χ3v) is 2.54. The van der Waals surface area contributed by atoms with Crippen LogP contribution in [0.25, 0.3) is 0 Å². The van der Waals surface area contributed by atoms with E-state index < -0.39 is 37.0 Å². The fourth-order valence-corrected chi connectivity index (χ4v) is 1.46. The summed E-state index contributed by atoms with van der Waals surface area (Å²) in [7, 11) is 1.08. The summed E-state index contributed by atoms with van der Waals surface area (Å²) in [5.74, 6) is -3.76. The van der Waals surface area contributed by atoms with Crippen LogP contribution in [0.3, 0.4) is 0 Å². The smallest absolute Gasteiger partial charge is 0.349 e. The zero-order chi connectivity index (χ0) is 14.6. The van der Waals surface area contributed by atoms with E-state index in [9.17, 15) is 18.7 Å². The van der Waals surface area contributed by atoms with E-state index in [2.05, 4.69) is 9.72 Å². The van der Waals surface area contributed by atoms with Gasteiger partial charge in [-0.2, -0.15) is 4.98 Å². The summed E-state index contributed by atoms with van der Waals surface area (Å²) in [6, 6.07) is 1.18. The van der Waals surface area contributed by atoms with Gasteiger partial charge in [0, 0.05) is 13.3 Å². The minimum atomic E-state index is -3.68. The summed E-state index contributed by atoms with van der Waals surface area (Å²) in [6.07, 6.45) is -2.66. The van der Waals surface area contributed by atoms with Gasteiger partial charge in [-0.3, -0.25) is 4.57 Å². The van der Waals surface area contributed by atoms with Gasteiger partial charge in [-0.05, 0) is 6.07 Å². The number of aliphatic hydroxyl groups is 2. The molecule has 2 atom stereocenters. The zero-order valence-electron chi connectivity index (χ0n) is 10.2. The number of halogens is 2. The van der Waals surface area contributed by atoms with Gasteiger partial charge in [0.2, 0.25) is 0 Å². The summed E-state index contributed by atoms with van der Waals surface area (Å²) in [5, 5.41) is 18.2. The van der Waals surface area contributed by atoms with E-state index in [1.165, 1.54) is 6.07 Å². The van der Waals surface area contributed by atoms with Crippen LogP contribution >= 0.6 is 0 Å². The maximum atomic E-state index is 13.7. The van der Waals surface area contributed by atoms with Gasteiger partial charge < -0.3 is 20.7 Å². The molecule has 0 fully saturated rings. The van der Waals surface area contributed by atoms with E-state index in [0.717, 1.165) is 13.3 Å². The van der Waals surface area contributed by atoms with Crippen LogP contribution in [0.4, 0.5) is 14.6 Å². The van der Waals surface area contributed by atoms with Crippen molar-refractivity contribution in [3.8, 4) is 0 Å². The van der Waals surface area contributed by atoms with Crippen molar-refractivity contribution in [2.45, 2.75) is 24.7 Å². The number of rotatable bonds is 6. The molecule has 0 spiro atoms. The number of nitrogens with two attached hydrogens (primary N) is 1. The first kappa shape index (κ1) is 15.5. The van der Waals surface area contributed by atoms with Crippen molar-refractivity contribution >= 4 is 5.82 Å². The third-order valence-electron chi connectivity index (χ3n) is 2.54. The van der Waals surface area contributed by atoms with Gasteiger partial charge in [-0.15, -0.1) is 0 Å². The molecule has 0 aliphatic carbocycles. The number of methoxy groups -OCH3 is 1. The van der Waals surface area contributed by atoms with E-state index in [0.29, 0.717) is 4.57 Å². The molecule has 1 heterocycles. The molecule has 1 aromatic rings. The minimum absolute atomic E-state index is 0.0877. The lowest BCUT2D eigenvalue weighted by Gasteiger charge is -2.27. The van der Waals surface area contributed by atoms with Gasteiger partial charge in [0.25, 0.3) is 5.92 Å². The maximum Gasteiger partial charge on any atom is 0.349 e. The Morgan fingerprint density at radius 3 is 2.74 bits per heavy atom. The quantitative estimate of drug-likeness (QED) is 0.605. The van der Waals surface area contributed by atoms with Crippen LogP contribution in [0.1, 0.15) is 0 Å². The molecule has 0 aromatic carbocycles. The molecule has 1 aromatic heterocycles. The maximum absolute atomic E-state index is 13.7. The number of hydrogen-bond acceptors (Lipinski definition) is 6. The lowest BCUT2D eigenvalue weighted by atomic mass is 10.1. The van der Waals surface area contributed by atoms with Crippen LogP contribution in [0.15, 0.2) is 17.1 Å². The molecule has 1 rings (SSSR count). The normalized spacial score (nSPS) is 15.2. The number of nitrogens with zero attached hydrogens (tertiary/aromatic N) is 2. The van der Waals surface area contributed by atoms with Gasteiger partial charge in [-0.25, -0.2) is 13.6 Å². The molecule has 0 amide bonds. The second-order valence-electron chi connectivity index (χ2n) is 3.93. The number of alkyl halides is 2. The SMILES string of the molecule is CO[C@H](CO)[C@H](O)C(F)(F)Cn1ccc(N)nc1=O. The highest BCUT2D eigenvalue weighted by molar-refractivity contribution is 5.23. The monoisotopic (exact) mass is 279 g/mol. The lowest BCUT2D eigenvalue weighted by Crippen LogP contribution is -2.49. The Labute approximate surface area is 107 Å². The van der Waals surface area contributed by atoms with Gasteiger partial charge in [0.1, 0.15) is 18.0 Å². The Morgan fingerprint density at radius 2 is 2.26 bits per heavy atom. The first-order valence-corrected chi connectivity index (χ1v) is 5.34. The van der Waals surface area contributed by atoms with Gasteiger partial charge in [0.15, 0.2) is 0 Å². The second-order valence-corrected chi connectivity index (χ2v) is 3.93. The Balaban J connectivity index is 2.92. The van der Waals surface area contributed by atoms with Crippen molar-refractivity contribution in [3.05, 3.63) is 22.7 Å². The highest BCUT2D eigenvalue weighted by Crippen LogP contribution is 2.24. The van der Waals surface area contributed by atoms with E-state index in [4.69, 9.17) is 10.8 Å². The molecular formula is C10H15F2N3O4. The van der Waals surface area contributed by atoms with E-state index in [1.54, 1.807) is 0 Å². The van der Waals surface area contributed by atoms with Crippen molar-refractivity contribution in [1.82, 2.24) is 9.55 Å². The number of nitrogen functional groups attached to an aromatic ring is 1. The van der Waals surface area contributed by atoms with Gasteiger partial charge in [0.05, 0.1) is 13.2 Å². The highest BCUT2D eigenvalue weighted by Gasteiger charge is 2.44. The lowest BCUT2D eigenvalue weighted by molar-refractivity contribution is -0.174. The molecule has 0 aliphatic rings. The van der Waals surface area contributed by atoms with E-state index >= 15 is 0 Å². The Kier molecular flexibility index (Phi) is 4.92. The van der Waals surface area contributed by atoms with Gasteiger partial charge >= 0.3 is 5.69 Å². The number of aromatic nitrogens is 2. The van der Waals surface area contributed by atoms with Crippen molar-refractivity contribution in [2.24, 2.45) is 0 Å². The molecule has 9 heteroatoms. The predicted molar refractivity (Wildman–Crippen MR) is 61.7 cm³/mol. The molecule has 19 heavy (non-hydrogen) atoms. The van der Waals surface area contributed by atoms with Crippen LogP contribution < -0.4 is 11.4 Å². The number of aliphatic hydroxyl groups excluding tert-OH is 2. The largest absolute Gasteiger partial charge is 0.394 e.